The van der Waals surface area contributed by atoms with Gasteiger partial charge in [-0.3, -0.25) is 0 Å². The number of carbonyl (C=O) groups excluding carboxylic acids is 2. The monoisotopic (exact) mass is 306 g/mol. The van der Waals surface area contributed by atoms with Gasteiger partial charge in [-0.25, -0.2) is 14.0 Å². The molecule has 6 heteroatoms. The second-order valence-corrected chi connectivity index (χ2v) is 6.02. The van der Waals surface area contributed by atoms with Crippen LogP contribution < -0.4 is 0 Å². The number of fused-ring (bicyclic) bond motifs is 1. The van der Waals surface area contributed by atoms with E-state index < -0.39 is 23.5 Å². The number of thiophene rings is 1. The molecule has 0 amide bonds. The van der Waals surface area contributed by atoms with Gasteiger partial charge < -0.3 is 9.47 Å². The summed E-state index contributed by atoms with van der Waals surface area (Å²) in [4.78, 5) is 23.7. The van der Waals surface area contributed by atoms with Gasteiger partial charge in [-0.2, -0.15) is 0 Å². The van der Waals surface area contributed by atoms with Crippen LogP contribution in [0.2, 0.25) is 0 Å². The summed E-state index contributed by atoms with van der Waals surface area (Å²) in [6, 6.07) is 4.75. The molecule has 4 nitrogen and oxygen atoms in total. The third-order valence-electron chi connectivity index (χ3n) is 2.99. The quantitative estimate of drug-likeness (QED) is 0.461. The summed E-state index contributed by atoms with van der Waals surface area (Å²) < 4.78 is 24.8. The van der Waals surface area contributed by atoms with E-state index in [-0.39, 0.29) is 11.1 Å². The Morgan fingerprint density at radius 1 is 1.19 bits per heavy atom. The number of ether oxygens (including phenoxy) is 2. The lowest BCUT2D eigenvalue weighted by Crippen LogP contribution is -2.41. The zero-order valence-electron chi connectivity index (χ0n) is 11.3. The van der Waals surface area contributed by atoms with Gasteiger partial charge in [0.1, 0.15) is 11.4 Å². The second-order valence-electron chi connectivity index (χ2n) is 5.07. The van der Waals surface area contributed by atoms with E-state index in [1.165, 1.54) is 31.3 Å². The largest absolute Gasteiger partial charge is 0.419 e. The smallest absolute Gasteiger partial charge is 0.348 e. The standard InChI is InChI=1S/C15H11FO4S/c1-15(2)19-13(17)10(14(18)20-15)5-9-7-12-8(3-4-21-12)6-11(9)16/h3-7H,1-2H3. The molecule has 1 aromatic carbocycles. The van der Waals surface area contributed by atoms with Crippen molar-refractivity contribution < 1.29 is 23.5 Å². The zero-order chi connectivity index (χ0) is 15.2. The first kappa shape index (κ1) is 13.8. The Balaban J connectivity index is 2.05. The van der Waals surface area contributed by atoms with Gasteiger partial charge in [0, 0.05) is 24.1 Å². The number of cyclic esters (lactones) is 2. The normalized spacial score (nSPS) is 17.6. The molecule has 1 fully saturated rings. The van der Waals surface area contributed by atoms with Crippen LogP contribution in [-0.2, 0) is 19.1 Å². The lowest BCUT2D eigenvalue weighted by atomic mass is 10.1. The van der Waals surface area contributed by atoms with Crippen molar-refractivity contribution in [3.8, 4) is 0 Å². The fourth-order valence-electron chi connectivity index (χ4n) is 2.04. The Labute approximate surface area is 123 Å². The highest BCUT2D eigenvalue weighted by Gasteiger charge is 2.38. The highest BCUT2D eigenvalue weighted by atomic mass is 32.1. The molecule has 1 aromatic heterocycles. The third-order valence-corrected chi connectivity index (χ3v) is 3.87. The molecule has 0 spiro atoms. The average molecular weight is 306 g/mol. The molecule has 1 aliphatic heterocycles. The molecule has 2 heterocycles. The number of halogens is 1. The van der Waals surface area contributed by atoms with Crippen LogP contribution in [0.4, 0.5) is 4.39 Å². The van der Waals surface area contributed by atoms with Crippen LogP contribution >= 0.6 is 11.3 Å². The maximum absolute atomic E-state index is 14.0. The number of hydrogen-bond donors (Lipinski definition) is 0. The molecule has 0 atom stereocenters. The number of esters is 2. The summed E-state index contributed by atoms with van der Waals surface area (Å²) in [5.74, 6) is -3.45. The Kier molecular flexibility index (Phi) is 3.06. The van der Waals surface area contributed by atoms with E-state index in [9.17, 15) is 14.0 Å². The van der Waals surface area contributed by atoms with Crippen molar-refractivity contribution in [3.63, 3.8) is 0 Å². The minimum absolute atomic E-state index is 0.147. The van der Waals surface area contributed by atoms with E-state index >= 15 is 0 Å². The predicted octanol–water partition coefficient (Wildman–Crippen LogP) is 3.26. The number of carbonyl (C=O) groups is 2. The van der Waals surface area contributed by atoms with Crippen LogP contribution in [0, 0.1) is 5.82 Å². The SMILES string of the molecule is CC1(C)OC(=O)C(=Cc2cc3sccc3cc2F)C(=O)O1. The highest BCUT2D eigenvalue weighted by molar-refractivity contribution is 7.17. The molecule has 0 radical (unpaired) electrons. The first-order valence-electron chi connectivity index (χ1n) is 6.21. The van der Waals surface area contributed by atoms with Gasteiger partial charge in [-0.15, -0.1) is 11.3 Å². The van der Waals surface area contributed by atoms with E-state index in [1.54, 1.807) is 12.1 Å². The molecule has 0 N–H and O–H groups in total. The fourth-order valence-corrected chi connectivity index (χ4v) is 2.86. The van der Waals surface area contributed by atoms with E-state index in [1.807, 2.05) is 5.38 Å². The van der Waals surface area contributed by atoms with Gasteiger partial charge in [-0.1, -0.05) is 0 Å². The van der Waals surface area contributed by atoms with E-state index in [0.29, 0.717) is 0 Å². The Morgan fingerprint density at radius 3 is 2.52 bits per heavy atom. The maximum Gasteiger partial charge on any atom is 0.348 e. The molecule has 0 unspecified atom stereocenters. The van der Waals surface area contributed by atoms with Crippen molar-refractivity contribution in [1.29, 1.82) is 0 Å². The van der Waals surface area contributed by atoms with Gasteiger partial charge in [-0.05, 0) is 35.0 Å². The van der Waals surface area contributed by atoms with E-state index in [0.717, 1.165) is 16.2 Å². The molecule has 108 valence electrons. The highest BCUT2D eigenvalue weighted by Crippen LogP contribution is 2.28. The predicted molar refractivity (Wildman–Crippen MR) is 76.0 cm³/mol. The molecule has 21 heavy (non-hydrogen) atoms. The summed E-state index contributed by atoms with van der Waals surface area (Å²) in [5.41, 5.74) is -0.169. The van der Waals surface area contributed by atoms with Crippen LogP contribution in [0.5, 0.6) is 0 Å². The molecule has 0 aliphatic carbocycles. The second kappa shape index (κ2) is 4.66. The van der Waals surface area contributed by atoms with Gasteiger partial charge in [0.05, 0.1) is 0 Å². The van der Waals surface area contributed by atoms with Crippen LogP contribution in [-0.4, -0.2) is 17.7 Å². The van der Waals surface area contributed by atoms with Gasteiger partial charge >= 0.3 is 11.9 Å². The van der Waals surface area contributed by atoms with Crippen LogP contribution in [0.3, 0.4) is 0 Å². The van der Waals surface area contributed by atoms with Crippen molar-refractivity contribution in [2.24, 2.45) is 0 Å². The lowest BCUT2D eigenvalue weighted by Gasteiger charge is -2.29. The summed E-state index contributed by atoms with van der Waals surface area (Å²) >= 11 is 1.45. The molecule has 1 aliphatic rings. The van der Waals surface area contributed by atoms with Gasteiger partial charge in [0.2, 0.25) is 0 Å². The molecule has 3 rings (SSSR count). The van der Waals surface area contributed by atoms with Crippen LogP contribution in [0.15, 0.2) is 29.2 Å². The first-order valence-corrected chi connectivity index (χ1v) is 7.09. The Morgan fingerprint density at radius 2 is 1.86 bits per heavy atom. The summed E-state index contributed by atoms with van der Waals surface area (Å²) in [7, 11) is 0. The zero-order valence-corrected chi connectivity index (χ0v) is 12.1. The fraction of sp³-hybridized carbons (Fsp3) is 0.200. The minimum atomic E-state index is -1.30. The van der Waals surface area contributed by atoms with Crippen LogP contribution in [0.1, 0.15) is 19.4 Å². The van der Waals surface area contributed by atoms with E-state index in [4.69, 9.17) is 9.47 Å². The number of rotatable bonds is 1. The van der Waals surface area contributed by atoms with E-state index in [2.05, 4.69) is 0 Å². The van der Waals surface area contributed by atoms with Gasteiger partial charge in [0.15, 0.2) is 0 Å². The third kappa shape index (κ3) is 2.54. The Hall–Kier alpha value is -2.21. The molecule has 0 saturated carbocycles. The van der Waals surface area contributed by atoms with Crippen molar-refractivity contribution in [1.82, 2.24) is 0 Å². The van der Waals surface area contributed by atoms with Crippen molar-refractivity contribution >= 4 is 39.4 Å². The number of benzene rings is 1. The van der Waals surface area contributed by atoms with Crippen molar-refractivity contribution in [3.05, 3.63) is 40.5 Å². The first-order chi connectivity index (χ1) is 9.85. The maximum atomic E-state index is 14.0. The molecule has 0 bridgehead atoms. The lowest BCUT2D eigenvalue weighted by molar-refractivity contribution is -0.222. The Bertz CT molecular complexity index is 766. The molecule has 2 aromatic rings. The summed E-state index contributed by atoms with van der Waals surface area (Å²) in [6.45, 7) is 2.91. The van der Waals surface area contributed by atoms with Gasteiger partial charge in [0.25, 0.3) is 5.79 Å². The van der Waals surface area contributed by atoms with Crippen LogP contribution in [0.25, 0.3) is 16.2 Å². The topological polar surface area (TPSA) is 52.6 Å². The molecule has 1 saturated heterocycles. The minimum Gasteiger partial charge on any atom is -0.419 e. The van der Waals surface area contributed by atoms with Crippen molar-refractivity contribution in [2.45, 2.75) is 19.6 Å². The molecular weight excluding hydrogens is 295 g/mol. The number of hydrogen-bond acceptors (Lipinski definition) is 5. The summed E-state index contributed by atoms with van der Waals surface area (Å²) in [6.07, 6.45) is 1.16. The summed E-state index contributed by atoms with van der Waals surface area (Å²) in [5, 5.41) is 2.61. The average Bonchev–Trinajstić information content (AvgIpc) is 2.79. The van der Waals surface area contributed by atoms with Crippen molar-refractivity contribution in [2.75, 3.05) is 0 Å². The molecular formula is C15H11FO4S.